The molecule has 0 heterocycles. The molecular weight excluding hydrogens is 349 g/mol. The van der Waals surface area contributed by atoms with Crippen molar-refractivity contribution in [3.8, 4) is 5.75 Å². The second-order valence-electron chi connectivity index (χ2n) is 7.57. The van der Waals surface area contributed by atoms with Gasteiger partial charge >= 0.3 is 12.3 Å². The summed E-state index contributed by atoms with van der Waals surface area (Å²) in [6.07, 6.45) is -2.25. The maximum atomic E-state index is 12.8. The van der Waals surface area contributed by atoms with Gasteiger partial charge in [0.1, 0.15) is 11.4 Å². The first-order valence-corrected chi connectivity index (χ1v) is 8.60. The highest BCUT2D eigenvalue weighted by molar-refractivity contribution is 5.68. The van der Waals surface area contributed by atoms with Crippen molar-refractivity contribution in [1.29, 1.82) is 0 Å². The number of amides is 1. The van der Waals surface area contributed by atoms with Crippen LogP contribution in [-0.4, -0.2) is 28.9 Å². The number of aromatic hydroxyl groups is 1. The summed E-state index contributed by atoms with van der Waals surface area (Å²) in [6.45, 7) is 5.36. The van der Waals surface area contributed by atoms with E-state index in [4.69, 9.17) is 4.74 Å². The fraction of sp³-hybridized carbons (Fsp3) is 0.611. The summed E-state index contributed by atoms with van der Waals surface area (Å²) in [7, 11) is 0. The summed E-state index contributed by atoms with van der Waals surface area (Å²) in [5.41, 5.74) is -1.30. The molecule has 1 aromatic rings. The Bertz CT molecular complexity index is 634. The number of anilines is 1. The van der Waals surface area contributed by atoms with Gasteiger partial charge in [0.05, 0.1) is 11.3 Å². The molecule has 0 atom stereocenters. The zero-order valence-electron chi connectivity index (χ0n) is 15.1. The van der Waals surface area contributed by atoms with Crippen molar-refractivity contribution in [3.05, 3.63) is 23.8 Å². The number of phenols is 1. The molecule has 1 aromatic carbocycles. The van der Waals surface area contributed by atoms with Crippen LogP contribution in [0, 0.1) is 0 Å². The van der Waals surface area contributed by atoms with Crippen LogP contribution in [0.25, 0.3) is 0 Å². The van der Waals surface area contributed by atoms with Gasteiger partial charge in [-0.3, -0.25) is 0 Å². The quantitative estimate of drug-likeness (QED) is 0.673. The number of carbonyl (C=O) groups excluding carboxylic acids is 1. The zero-order chi connectivity index (χ0) is 19.5. The second kappa shape index (κ2) is 7.63. The summed E-state index contributed by atoms with van der Waals surface area (Å²) in [6, 6.07) is 2.71. The smallest absolute Gasteiger partial charge is 0.416 e. The molecule has 0 saturated heterocycles. The largest absolute Gasteiger partial charge is 0.506 e. The SMILES string of the molecule is CC(C)(C)OC(=O)N[C@H]1CC[C@H](Nc2cc(C(F)(F)F)ccc2O)CC1. The highest BCUT2D eigenvalue weighted by Crippen LogP contribution is 2.35. The molecule has 146 valence electrons. The van der Waals surface area contributed by atoms with Gasteiger partial charge in [-0.2, -0.15) is 13.2 Å². The molecule has 8 heteroatoms. The highest BCUT2D eigenvalue weighted by atomic mass is 19.4. The van der Waals surface area contributed by atoms with Gasteiger partial charge < -0.3 is 20.5 Å². The van der Waals surface area contributed by atoms with Crippen molar-refractivity contribution in [2.45, 2.75) is 70.3 Å². The lowest BCUT2D eigenvalue weighted by atomic mass is 9.91. The molecule has 0 bridgehead atoms. The summed E-state index contributed by atoms with van der Waals surface area (Å²) in [4.78, 5) is 11.8. The Kier molecular flexibility index (Phi) is 5.93. The molecule has 1 saturated carbocycles. The van der Waals surface area contributed by atoms with Gasteiger partial charge in [0.25, 0.3) is 0 Å². The van der Waals surface area contributed by atoms with Crippen LogP contribution >= 0.6 is 0 Å². The average molecular weight is 374 g/mol. The summed E-state index contributed by atoms with van der Waals surface area (Å²) >= 11 is 0. The molecular formula is C18H25F3N2O3. The van der Waals surface area contributed by atoms with Crippen LogP contribution in [0.5, 0.6) is 5.75 Å². The van der Waals surface area contributed by atoms with Crippen molar-refractivity contribution < 1.29 is 27.8 Å². The van der Waals surface area contributed by atoms with E-state index in [0.717, 1.165) is 18.2 Å². The van der Waals surface area contributed by atoms with Crippen LogP contribution in [0.3, 0.4) is 0 Å². The first-order chi connectivity index (χ1) is 11.9. The number of rotatable bonds is 3. The predicted molar refractivity (Wildman–Crippen MR) is 92.1 cm³/mol. The van der Waals surface area contributed by atoms with E-state index in [2.05, 4.69) is 10.6 Å². The number of hydrogen-bond donors (Lipinski definition) is 3. The van der Waals surface area contributed by atoms with Crippen LogP contribution in [-0.2, 0) is 10.9 Å². The van der Waals surface area contributed by atoms with Gasteiger partial charge in [-0.15, -0.1) is 0 Å². The van der Waals surface area contributed by atoms with Crippen LogP contribution < -0.4 is 10.6 Å². The van der Waals surface area contributed by atoms with Gasteiger partial charge in [-0.1, -0.05) is 0 Å². The van der Waals surface area contributed by atoms with Crippen molar-refractivity contribution in [3.63, 3.8) is 0 Å². The van der Waals surface area contributed by atoms with Crippen LogP contribution in [0.4, 0.5) is 23.7 Å². The minimum absolute atomic E-state index is 0.0296. The van der Waals surface area contributed by atoms with Crippen molar-refractivity contribution in [1.82, 2.24) is 5.32 Å². The van der Waals surface area contributed by atoms with E-state index in [1.54, 1.807) is 20.8 Å². The third-order valence-corrected chi connectivity index (χ3v) is 4.13. The molecule has 1 amide bonds. The Labute approximate surface area is 150 Å². The number of carbonyl (C=O) groups is 1. The lowest BCUT2D eigenvalue weighted by Gasteiger charge is -2.31. The minimum atomic E-state index is -4.46. The van der Waals surface area contributed by atoms with E-state index in [9.17, 15) is 23.1 Å². The van der Waals surface area contributed by atoms with Crippen molar-refractivity contribution >= 4 is 11.8 Å². The molecule has 0 spiro atoms. The fourth-order valence-corrected chi connectivity index (χ4v) is 2.90. The maximum absolute atomic E-state index is 12.8. The van der Waals surface area contributed by atoms with Crippen LogP contribution in [0.1, 0.15) is 52.0 Å². The molecule has 1 fully saturated rings. The number of benzene rings is 1. The molecule has 0 aromatic heterocycles. The van der Waals surface area contributed by atoms with Gasteiger partial charge in [0.2, 0.25) is 0 Å². The summed E-state index contributed by atoms with van der Waals surface area (Å²) < 4.78 is 43.6. The lowest BCUT2D eigenvalue weighted by Crippen LogP contribution is -2.42. The first-order valence-electron chi connectivity index (χ1n) is 8.60. The first kappa shape index (κ1) is 20.2. The van der Waals surface area contributed by atoms with Gasteiger partial charge in [0, 0.05) is 12.1 Å². The topological polar surface area (TPSA) is 70.6 Å². The Hall–Kier alpha value is -2.12. The Morgan fingerprint density at radius 2 is 1.69 bits per heavy atom. The molecule has 26 heavy (non-hydrogen) atoms. The number of halogens is 3. The third-order valence-electron chi connectivity index (χ3n) is 4.13. The van der Waals surface area contributed by atoms with Crippen molar-refractivity contribution in [2.24, 2.45) is 0 Å². The van der Waals surface area contributed by atoms with Crippen LogP contribution in [0.2, 0.25) is 0 Å². The van der Waals surface area contributed by atoms with E-state index in [0.29, 0.717) is 25.7 Å². The Morgan fingerprint density at radius 1 is 1.12 bits per heavy atom. The number of alkyl carbamates (subject to hydrolysis) is 1. The standard InChI is InChI=1S/C18H25F3N2O3/c1-17(2,3)26-16(25)23-13-7-5-12(6-8-13)22-14-10-11(18(19,20)21)4-9-15(14)24/h4,9-10,12-13,22,24H,5-8H2,1-3H3,(H,23,25)/t12-,13-. The van der Waals surface area contributed by atoms with E-state index in [1.807, 2.05) is 0 Å². The molecule has 0 unspecified atom stereocenters. The monoisotopic (exact) mass is 374 g/mol. The molecule has 3 N–H and O–H groups in total. The second-order valence-corrected chi connectivity index (χ2v) is 7.57. The van der Waals surface area contributed by atoms with Gasteiger partial charge in [0.15, 0.2) is 0 Å². The highest BCUT2D eigenvalue weighted by Gasteiger charge is 2.31. The third kappa shape index (κ3) is 6.00. The fourth-order valence-electron chi connectivity index (χ4n) is 2.90. The number of hydrogen-bond acceptors (Lipinski definition) is 4. The normalized spacial score (nSPS) is 21.2. The predicted octanol–water partition coefficient (Wildman–Crippen LogP) is 4.66. The van der Waals surface area contributed by atoms with E-state index >= 15 is 0 Å². The van der Waals surface area contributed by atoms with Crippen LogP contribution in [0.15, 0.2) is 18.2 Å². The van der Waals surface area contributed by atoms with Gasteiger partial charge in [-0.05, 0) is 64.7 Å². The number of alkyl halides is 3. The Morgan fingerprint density at radius 3 is 2.23 bits per heavy atom. The number of phenolic OH excluding ortho intramolecular Hbond substituents is 1. The molecule has 0 aliphatic heterocycles. The maximum Gasteiger partial charge on any atom is 0.416 e. The molecule has 5 nitrogen and oxygen atoms in total. The molecule has 2 rings (SSSR count). The Balaban J connectivity index is 1.88. The zero-order valence-corrected chi connectivity index (χ0v) is 15.1. The number of nitrogens with one attached hydrogen (secondary N) is 2. The van der Waals surface area contributed by atoms with E-state index in [1.165, 1.54) is 0 Å². The average Bonchev–Trinajstić information content (AvgIpc) is 2.48. The van der Waals surface area contributed by atoms with E-state index in [-0.39, 0.29) is 23.5 Å². The molecule has 1 aliphatic carbocycles. The summed E-state index contributed by atoms with van der Waals surface area (Å²) in [5.74, 6) is -0.216. The molecule has 0 radical (unpaired) electrons. The van der Waals surface area contributed by atoms with Crippen molar-refractivity contribution in [2.75, 3.05) is 5.32 Å². The minimum Gasteiger partial charge on any atom is -0.506 e. The molecule has 1 aliphatic rings. The lowest BCUT2D eigenvalue weighted by molar-refractivity contribution is -0.137. The summed E-state index contributed by atoms with van der Waals surface area (Å²) in [5, 5.41) is 15.6. The number of ether oxygens (including phenoxy) is 1. The van der Waals surface area contributed by atoms with Gasteiger partial charge in [-0.25, -0.2) is 4.79 Å². The van der Waals surface area contributed by atoms with E-state index < -0.39 is 23.4 Å².